The van der Waals surface area contributed by atoms with Crippen molar-refractivity contribution in [1.29, 1.82) is 0 Å². The van der Waals surface area contributed by atoms with Gasteiger partial charge in [0.2, 0.25) is 0 Å². The second-order valence-electron chi connectivity index (χ2n) is 12.4. The van der Waals surface area contributed by atoms with Gasteiger partial charge in [-0.15, -0.1) is 0 Å². The number of aromatic nitrogens is 2. The standard InChI is InChI=1S/C44H33N3/c1-3-32-28(2)33(44-36(32)16-11-17-39(44)45)24-25-46-40-18-9-7-14-34(40)37-26-29(20-22-41(37)46)30-21-23-43-38(27-30)35-15-8-10-19-42(35)47(43)31-12-5-4-6-13-31/h3-24,26-27H,1,25,45H2,2H3/b33-24-. The maximum absolute atomic E-state index is 6.53. The van der Waals surface area contributed by atoms with E-state index in [2.05, 4.69) is 150 Å². The van der Waals surface area contributed by atoms with Crippen LogP contribution in [0.5, 0.6) is 0 Å². The molecule has 3 heteroatoms. The van der Waals surface area contributed by atoms with Gasteiger partial charge in [-0.1, -0.05) is 97.6 Å². The third-order valence-corrected chi connectivity index (χ3v) is 9.94. The predicted molar refractivity (Wildman–Crippen MR) is 201 cm³/mol. The van der Waals surface area contributed by atoms with Crippen molar-refractivity contribution in [3.8, 4) is 16.8 Å². The van der Waals surface area contributed by atoms with Crippen molar-refractivity contribution >= 4 is 60.4 Å². The normalized spacial score (nSPS) is 13.9. The Morgan fingerprint density at radius 1 is 0.617 bits per heavy atom. The zero-order chi connectivity index (χ0) is 31.6. The maximum Gasteiger partial charge on any atom is 0.0541 e. The molecule has 224 valence electrons. The first kappa shape index (κ1) is 27.3. The second-order valence-corrected chi connectivity index (χ2v) is 12.4. The number of benzene rings is 6. The summed E-state index contributed by atoms with van der Waals surface area (Å²) in [6.45, 7) is 7.01. The molecule has 0 unspecified atom stereocenters. The third-order valence-electron chi connectivity index (χ3n) is 9.94. The van der Waals surface area contributed by atoms with Crippen molar-refractivity contribution in [2.24, 2.45) is 0 Å². The van der Waals surface area contributed by atoms with Crippen LogP contribution in [0.15, 0.2) is 158 Å². The summed E-state index contributed by atoms with van der Waals surface area (Å²) in [7, 11) is 0. The van der Waals surface area contributed by atoms with Gasteiger partial charge in [-0.2, -0.15) is 0 Å². The Labute approximate surface area is 273 Å². The van der Waals surface area contributed by atoms with Crippen LogP contribution in [0.25, 0.3) is 71.6 Å². The molecule has 0 bridgehead atoms. The number of rotatable bonds is 5. The minimum Gasteiger partial charge on any atom is -0.398 e. The lowest BCUT2D eigenvalue weighted by molar-refractivity contribution is 0.900. The molecule has 9 rings (SSSR count). The molecule has 47 heavy (non-hydrogen) atoms. The Bertz CT molecular complexity index is 2630. The van der Waals surface area contributed by atoms with Crippen LogP contribution in [-0.2, 0) is 6.54 Å². The van der Waals surface area contributed by atoms with Crippen molar-refractivity contribution < 1.29 is 0 Å². The molecule has 1 aliphatic rings. The molecule has 2 N–H and O–H groups in total. The van der Waals surface area contributed by atoms with Crippen LogP contribution in [0.3, 0.4) is 0 Å². The monoisotopic (exact) mass is 603 g/mol. The SMILES string of the molecule is C=CC1=C(C)/C(=C/Cn2c3ccccc3c3cc(-c4ccc5c(c4)c4ccccc4n5-c4ccccc4)ccc32)c2c(N)cccc21. The fourth-order valence-corrected chi connectivity index (χ4v) is 7.77. The summed E-state index contributed by atoms with van der Waals surface area (Å²) in [5, 5.41) is 5.04. The van der Waals surface area contributed by atoms with Crippen LogP contribution < -0.4 is 5.73 Å². The van der Waals surface area contributed by atoms with Crippen molar-refractivity contribution in [2.45, 2.75) is 13.5 Å². The summed E-state index contributed by atoms with van der Waals surface area (Å²) in [6, 6.07) is 48.0. The van der Waals surface area contributed by atoms with Gasteiger partial charge in [-0.3, -0.25) is 0 Å². The molecule has 0 fully saturated rings. The molecule has 0 aliphatic heterocycles. The molecule has 2 aromatic heterocycles. The first-order chi connectivity index (χ1) is 23.1. The van der Waals surface area contributed by atoms with E-state index in [0.717, 1.165) is 23.4 Å². The van der Waals surface area contributed by atoms with Gasteiger partial charge in [0.1, 0.15) is 0 Å². The lowest BCUT2D eigenvalue weighted by Gasteiger charge is -2.10. The van der Waals surface area contributed by atoms with E-state index in [1.165, 1.54) is 77.1 Å². The third kappa shape index (κ3) is 4.06. The zero-order valence-electron chi connectivity index (χ0n) is 26.2. The summed E-state index contributed by atoms with van der Waals surface area (Å²) in [5.74, 6) is 0. The van der Waals surface area contributed by atoms with Gasteiger partial charge in [-0.05, 0) is 94.9 Å². The fourth-order valence-electron chi connectivity index (χ4n) is 7.77. The second kappa shape index (κ2) is 10.5. The molecule has 0 spiro atoms. The molecule has 2 heterocycles. The van der Waals surface area contributed by atoms with Gasteiger partial charge in [0.05, 0.1) is 11.0 Å². The fraction of sp³-hybridized carbons (Fsp3) is 0.0455. The highest BCUT2D eigenvalue weighted by atomic mass is 15.0. The van der Waals surface area contributed by atoms with Crippen molar-refractivity contribution in [2.75, 3.05) is 5.73 Å². The first-order valence-corrected chi connectivity index (χ1v) is 16.2. The quantitative estimate of drug-likeness (QED) is 0.195. The first-order valence-electron chi connectivity index (χ1n) is 16.2. The Morgan fingerprint density at radius 2 is 1.21 bits per heavy atom. The Hall–Kier alpha value is -6.06. The molecule has 0 radical (unpaired) electrons. The lowest BCUT2D eigenvalue weighted by atomic mass is 10.0. The summed E-state index contributed by atoms with van der Waals surface area (Å²) in [5.41, 5.74) is 21.7. The van der Waals surface area contributed by atoms with Gasteiger partial charge in [0, 0.05) is 56.1 Å². The van der Waals surface area contributed by atoms with E-state index in [0.29, 0.717) is 0 Å². The number of nitrogens with two attached hydrogens (primary N) is 1. The number of allylic oxidation sites excluding steroid dienone is 5. The summed E-state index contributed by atoms with van der Waals surface area (Å²) in [4.78, 5) is 0. The van der Waals surface area contributed by atoms with E-state index in [-0.39, 0.29) is 0 Å². The van der Waals surface area contributed by atoms with Crippen molar-refractivity contribution in [1.82, 2.24) is 9.13 Å². The van der Waals surface area contributed by atoms with Gasteiger partial charge < -0.3 is 14.9 Å². The Morgan fingerprint density at radius 3 is 1.96 bits per heavy atom. The van der Waals surface area contributed by atoms with Gasteiger partial charge in [0.25, 0.3) is 0 Å². The predicted octanol–water partition coefficient (Wildman–Crippen LogP) is 11.2. The zero-order valence-corrected chi connectivity index (χ0v) is 26.2. The van der Waals surface area contributed by atoms with E-state index >= 15 is 0 Å². The smallest absolute Gasteiger partial charge is 0.0541 e. The van der Waals surface area contributed by atoms with Crippen LogP contribution in [-0.4, -0.2) is 9.13 Å². The Kier molecular flexibility index (Phi) is 6.09. The van der Waals surface area contributed by atoms with E-state index < -0.39 is 0 Å². The summed E-state index contributed by atoms with van der Waals surface area (Å²) >= 11 is 0. The van der Waals surface area contributed by atoms with Crippen LogP contribution in [0.2, 0.25) is 0 Å². The molecule has 3 nitrogen and oxygen atoms in total. The van der Waals surface area contributed by atoms with Crippen LogP contribution >= 0.6 is 0 Å². The number of hydrogen-bond acceptors (Lipinski definition) is 1. The summed E-state index contributed by atoms with van der Waals surface area (Å²) < 4.78 is 4.79. The molecule has 0 amide bonds. The number of anilines is 1. The van der Waals surface area contributed by atoms with E-state index in [1.54, 1.807) is 0 Å². The highest BCUT2D eigenvalue weighted by Gasteiger charge is 2.24. The maximum atomic E-state index is 6.53. The topological polar surface area (TPSA) is 35.9 Å². The lowest BCUT2D eigenvalue weighted by Crippen LogP contribution is -1.98. The molecule has 8 aromatic rings. The average Bonchev–Trinajstić information content (AvgIpc) is 3.72. The van der Waals surface area contributed by atoms with Crippen molar-refractivity contribution in [3.63, 3.8) is 0 Å². The van der Waals surface area contributed by atoms with Crippen LogP contribution in [0.4, 0.5) is 5.69 Å². The Balaban J connectivity index is 1.18. The molecular formula is C44H33N3. The summed E-state index contributed by atoms with van der Waals surface area (Å²) in [6.07, 6.45) is 4.28. The molecule has 0 atom stereocenters. The molecule has 0 saturated carbocycles. The number of nitrogens with zero attached hydrogens (tertiary/aromatic N) is 2. The van der Waals surface area contributed by atoms with Gasteiger partial charge >= 0.3 is 0 Å². The number of para-hydroxylation sites is 3. The average molecular weight is 604 g/mol. The largest absolute Gasteiger partial charge is 0.398 e. The highest BCUT2D eigenvalue weighted by molar-refractivity contribution is 6.12. The number of nitrogen functional groups attached to an aromatic ring is 1. The van der Waals surface area contributed by atoms with Gasteiger partial charge in [-0.25, -0.2) is 0 Å². The van der Waals surface area contributed by atoms with Gasteiger partial charge in [0.15, 0.2) is 0 Å². The van der Waals surface area contributed by atoms with E-state index in [4.69, 9.17) is 5.73 Å². The van der Waals surface area contributed by atoms with E-state index in [1.807, 2.05) is 18.2 Å². The van der Waals surface area contributed by atoms with E-state index in [9.17, 15) is 0 Å². The molecule has 6 aromatic carbocycles. The molecule has 0 saturated heterocycles. The minimum absolute atomic E-state index is 0.735. The molecule has 1 aliphatic carbocycles. The number of fused-ring (bicyclic) bond motifs is 7. The van der Waals surface area contributed by atoms with Crippen molar-refractivity contribution in [3.05, 3.63) is 169 Å². The van der Waals surface area contributed by atoms with Crippen LogP contribution in [0, 0.1) is 0 Å². The number of hydrogen-bond donors (Lipinski definition) is 1. The highest BCUT2D eigenvalue weighted by Crippen LogP contribution is 2.45. The molecular weight excluding hydrogens is 571 g/mol. The minimum atomic E-state index is 0.735. The van der Waals surface area contributed by atoms with Crippen LogP contribution in [0.1, 0.15) is 18.1 Å².